The average Bonchev–Trinajstić information content (AvgIpc) is 2.83. The molecule has 0 atom stereocenters. The fraction of sp³-hybridized carbons (Fsp3) is 0.154. The number of hydrogen-bond acceptors (Lipinski definition) is 3. The van der Waals surface area contributed by atoms with Gasteiger partial charge in [0.2, 0.25) is 0 Å². The van der Waals surface area contributed by atoms with Gasteiger partial charge >= 0.3 is 0 Å². The second-order valence-corrected chi connectivity index (χ2v) is 4.26. The van der Waals surface area contributed by atoms with Crippen LogP contribution in [0, 0.1) is 11.3 Å². The van der Waals surface area contributed by atoms with E-state index in [0.717, 1.165) is 12.2 Å². The van der Waals surface area contributed by atoms with Crippen LogP contribution < -0.4 is 4.90 Å². The number of nitrogens with zero attached hydrogens (tertiary/aromatic N) is 2. The van der Waals surface area contributed by atoms with Crippen LogP contribution in [0.25, 0.3) is 0 Å². The van der Waals surface area contributed by atoms with Crippen molar-refractivity contribution in [2.45, 2.75) is 6.54 Å². The van der Waals surface area contributed by atoms with E-state index in [0.29, 0.717) is 6.54 Å². The first-order valence-electron chi connectivity index (χ1n) is 5.08. The molecule has 2 rings (SSSR count). The minimum atomic E-state index is 0.417. The topological polar surface area (TPSA) is 27.0 Å². The summed E-state index contributed by atoms with van der Waals surface area (Å²) in [6.45, 7) is 1.21. The Morgan fingerprint density at radius 2 is 2.00 bits per heavy atom. The van der Waals surface area contributed by atoms with E-state index < -0.39 is 0 Å². The Bertz CT molecular complexity index is 456. The quantitative estimate of drug-likeness (QED) is 0.751. The predicted octanol–water partition coefficient (Wildman–Crippen LogP) is 3.28. The lowest BCUT2D eigenvalue weighted by Crippen LogP contribution is -2.22. The predicted molar refractivity (Wildman–Crippen MR) is 67.4 cm³/mol. The molecule has 0 N–H and O–H groups in total. The Balaban J connectivity index is 2.15. The summed E-state index contributed by atoms with van der Waals surface area (Å²) >= 11 is 1.69. The maximum absolute atomic E-state index is 8.84. The number of benzene rings is 1. The van der Waals surface area contributed by atoms with Gasteiger partial charge in [0.1, 0.15) is 6.54 Å². The molecule has 2 nitrogen and oxygen atoms in total. The van der Waals surface area contributed by atoms with Crippen molar-refractivity contribution in [1.29, 1.82) is 5.26 Å². The molecule has 0 spiro atoms. The Labute approximate surface area is 99.4 Å². The summed E-state index contributed by atoms with van der Waals surface area (Å²) in [5, 5.41) is 13.0. The third-order valence-corrected chi connectivity index (χ3v) is 3.07. The minimum absolute atomic E-state index is 0.417. The van der Waals surface area contributed by atoms with Gasteiger partial charge in [-0.15, -0.1) is 0 Å². The molecule has 1 heterocycles. The molecule has 0 aliphatic carbocycles. The summed E-state index contributed by atoms with van der Waals surface area (Å²) in [6, 6.07) is 14.3. The Kier molecular flexibility index (Phi) is 3.58. The lowest BCUT2D eigenvalue weighted by Gasteiger charge is -2.20. The maximum atomic E-state index is 8.84. The zero-order valence-corrected chi connectivity index (χ0v) is 9.65. The number of rotatable bonds is 4. The molecule has 0 saturated carbocycles. The summed E-state index contributed by atoms with van der Waals surface area (Å²) in [5.41, 5.74) is 2.35. The molecule has 2 aromatic rings. The molecular weight excluding hydrogens is 216 g/mol. The van der Waals surface area contributed by atoms with Gasteiger partial charge in [0.25, 0.3) is 0 Å². The second kappa shape index (κ2) is 5.34. The molecule has 0 saturated heterocycles. The molecule has 0 radical (unpaired) electrons. The molecule has 0 amide bonds. The van der Waals surface area contributed by atoms with Gasteiger partial charge in [-0.1, -0.05) is 18.2 Å². The fourth-order valence-corrected chi connectivity index (χ4v) is 2.23. The van der Waals surface area contributed by atoms with Crippen molar-refractivity contribution >= 4 is 17.0 Å². The van der Waals surface area contributed by atoms with Gasteiger partial charge in [0, 0.05) is 12.2 Å². The summed E-state index contributed by atoms with van der Waals surface area (Å²) in [6.07, 6.45) is 0. The van der Waals surface area contributed by atoms with E-state index in [4.69, 9.17) is 5.26 Å². The first-order chi connectivity index (χ1) is 7.90. The van der Waals surface area contributed by atoms with Gasteiger partial charge in [0.15, 0.2) is 0 Å². The van der Waals surface area contributed by atoms with Gasteiger partial charge in [0.05, 0.1) is 6.07 Å². The zero-order valence-electron chi connectivity index (χ0n) is 8.84. The minimum Gasteiger partial charge on any atom is -0.354 e. The molecule has 0 aliphatic rings. The zero-order chi connectivity index (χ0) is 11.2. The molecule has 0 aliphatic heterocycles. The monoisotopic (exact) mass is 228 g/mol. The van der Waals surface area contributed by atoms with Crippen LogP contribution in [0.4, 0.5) is 5.69 Å². The van der Waals surface area contributed by atoms with E-state index in [9.17, 15) is 0 Å². The second-order valence-electron chi connectivity index (χ2n) is 3.48. The van der Waals surface area contributed by atoms with Crippen LogP contribution in [0.15, 0.2) is 47.2 Å². The van der Waals surface area contributed by atoms with Gasteiger partial charge in [-0.3, -0.25) is 0 Å². The highest BCUT2D eigenvalue weighted by Crippen LogP contribution is 2.17. The van der Waals surface area contributed by atoms with Crippen LogP contribution in [-0.4, -0.2) is 6.54 Å². The lowest BCUT2D eigenvalue weighted by molar-refractivity contribution is 0.876. The normalized spacial score (nSPS) is 9.69. The summed E-state index contributed by atoms with van der Waals surface area (Å²) < 4.78 is 0. The number of para-hydroxylation sites is 1. The summed E-state index contributed by atoms with van der Waals surface area (Å²) in [4.78, 5) is 2.07. The third kappa shape index (κ3) is 2.62. The molecule has 80 valence electrons. The van der Waals surface area contributed by atoms with Crippen molar-refractivity contribution in [1.82, 2.24) is 0 Å². The van der Waals surface area contributed by atoms with Crippen molar-refractivity contribution in [3.05, 3.63) is 52.7 Å². The molecule has 0 unspecified atom stereocenters. The molecule has 0 fully saturated rings. The highest BCUT2D eigenvalue weighted by atomic mass is 32.1. The van der Waals surface area contributed by atoms with Gasteiger partial charge in [-0.2, -0.15) is 16.6 Å². The Hall–Kier alpha value is -1.79. The largest absolute Gasteiger partial charge is 0.354 e. The number of thiophene rings is 1. The van der Waals surface area contributed by atoms with E-state index in [1.54, 1.807) is 11.3 Å². The number of hydrogen-bond donors (Lipinski definition) is 0. The van der Waals surface area contributed by atoms with Crippen molar-refractivity contribution in [3.8, 4) is 6.07 Å². The molecule has 0 bridgehead atoms. The summed E-state index contributed by atoms with van der Waals surface area (Å²) in [7, 11) is 0. The van der Waals surface area contributed by atoms with Crippen molar-refractivity contribution < 1.29 is 0 Å². The standard InChI is InChI=1S/C13H12N2S/c14-7-8-15(10-12-6-9-16-11-12)13-4-2-1-3-5-13/h1-6,9,11H,8,10H2. The van der Waals surface area contributed by atoms with Crippen molar-refractivity contribution in [3.63, 3.8) is 0 Å². The molecule has 1 aromatic carbocycles. The van der Waals surface area contributed by atoms with Crippen LogP contribution in [0.3, 0.4) is 0 Å². The van der Waals surface area contributed by atoms with Crippen LogP contribution in [0.5, 0.6) is 0 Å². The SMILES string of the molecule is N#CCN(Cc1ccsc1)c1ccccc1. The van der Waals surface area contributed by atoms with E-state index in [1.807, 2.05) is 30.3 Å². The average molecular weight is 228 g/mol. The van der Waals surface area contributed by atoms with Gasteiger partial charge < -0.3 is 4.90 Å². The van der Waals surface area contributed by atoms with E-state index in [1.165, 1.54) is 5.56 Å². The van der Waals surface area contributed by atoms with E-state index >= 15 is 0 Å². The van der Waals surface area contributed by atoms with Crippen LogP contribution in [-0.2, 0) is 6.54 Å². The summed E-state index contributed by atoms with van der Waals surface area (Å²) in [5.74, 6) is 0. The van der Waals surface area contributed by atoms with Crippen LogP contribution in [0.2, 0.25) is 0 Å². The Morgan fingerprint density at radius 3 is 2.62 bits per heavy atom. The lowest BCUT2D eigenvalue weighted by atomic mass is 10.2. The van der Waals surface area contributed by atoms with E-state index in [-0.39, 0.29) is 0 Å². The smallest absolute Gasteiger partial charge is 0.106 e. The Morgan fingerprint density at radius 1 is 1.19 bits per heavy atom. The molecule has 3 heteroatoms. The number of nitriles is 1. The van der Waals surface area contributed by atoms with Crippen molar-refractivity contribution in [2.24, 2.45) is 0 Å². The maximum Gasteiger partial charge on any atom is 0.106 e. The van der Waals surface area contributed by atoms with Gasteiger partial charge in [-0.05, 0) is 34.5 Å². The highest BCUT2D eigenvalue weighted by molar-refractivity contribution is 7.07. The molecule has 16 heavy (non-hydrogen) atoms. The van der Waals surface area contributed by atoms with Gasteiger partial charge in [-0.25, -0.2) is 0 Å². The first kappa shape index (κ1) is 10.7. The molecule has 1 aromatic heterocycles. The van der Waals surface area contributed by atoms with E-state index in [2.05, 4.69) is 27.8 Å². The third-order valence-electron chi connectivity index (χ3n) is 2.34. The van der Waals surface area contributed by atoms with Crippen LogP contribution >= 0.6 is 11.3 Å². The van der Waals surface area contributed by atoms with Crippen LogP contribution in [0.1, 0.15) is 5.56 Å². The first-order valence-corrected chi connectivity index (χ1v) is 6.02. The van der Waals surface area contributed by atoms with Crippen molar-refractivity contribution in [2.75, 3.05) is 11.4 Å². The fourth-order valence-electron chi connectivity index (χ4n) is 1.57. The number of anilines is 1. The molecular formula is C13H12N2S. The highest BCUT2D eigenvalue weighted by Gasteiger charge is 2.06.